The number of aromatic nitrogens is 1. The van der Waals surface area contributed by atoms with E-state index in [-0.39, 0.29) is 5.75 Å². The van der Waals surface area contributed by atoms with E-state index in [1.54, 1.807) is 61.6 Å². The molecule has 28 heavy (non-hydrogen) atoms. The molecule has 1 N–H and O–H groups in total. The van der Waals surface area contributed by atoms with E-state index in [1.165, 1.54) is 0 Å². The SMILES string of the molecule is COc1cccc(NS(=O)(=O)CCCCSc2nc3ccc(OC)cc3s2)c1. The van der Waals surface area contributed by atoms with Gasteiger partial charge in [-0.1, -0.05) is 17.8 Å². The smallest absolute Gasteiger partial charge is 0.232 e. The second-order valence-corrected chi connectivity index (χ2v) is 10.2. The van der Waals surface area contributed by atoms with Gasteiger partial charge in [-0.25, -0.2) is 13.4 Å². The van der Waals surface area contributed by atoms with E-state index < -0.39 is 10.0 Å². The zero-order valence-corrected chi connectivity index (χ0v) is 18.1. The molecule has 3 aromatic rings. The molecule has 0 saturated heterocycles. The van der Waals surface area contributed by atoms with Crippen LogP contribution in [0.3, 0.4) is 0 Å². The van der Waals surface area contributed by atoms with Crippen molar-refractivity contribution < 1.29 is 17.9 Å². The number of hydrogen-bond acceptors (Lipinski definition) is 7. The van der Waals surface area contributed by atoms with E-state index in [0.717, 1.165) is 32.5 Å². The minimum atomic E-state index is -3.37. The molecule has 1 heterocycles. The highest BCUT2D eigenvalue weighted by Crippen LogP contribution is 2.32. The summed E-state index contributed by atoms with van der Waals surface area (Å²) in [5, 5.41) is 0. The molecule has 0 aliphatic rings. The summed E-state index contributed by atoms with van der Waals surface area (Å²) < 4.78 is 39.5. The summed E-state index contributed by atoms with van der Waals surface area (Å²) in [4.78, 5) is 4.59. The van der Waals surface area contributed by atoms with Gasteiger partial charge in [0.25, 0.3) is 0 Å². The first-order valence-corrected chi connectivity index (χ1v) is 12.2. The Morgan fingerprint density at radius 2 is 1.86 bits per heavy atom. The molecule has 0 bridgehead atoms. The van der Waals surface area contributed by atoms with Gasteiger partial charge in [0.1, 0.15) is 11.5 Å². The van der Waals surface area contributed by atoms with Crippen molar-refractivity contribution in [3.8, 4) is 11.5 Å². The Kier molecular flexibility index (Phi) is 7.03. The van der Waals surface area contributed by atoms with E-state index in [4.69, 9.17) is 9.47 Å². The highest BCUT2D eigenvalue weighted by molar-refractivity contribution is 8.01. The van der Waals surface area contributed by atoms with E-state index in [1.807, 2.05) is 18.2 Å². The summed E-state index contributed by atoms with van der Waals surface area (Å²) in [5.41, 5.74) is 1.47. The third-order valence-corrected chi connectivity index (χ3v) is 7.57. The summed E-state index contributed by atoms with van der Waals surface area (Å²) in [5.74, 6) is 2.35. The van der Waals surface area contributed by atoms with Crippen LogP contribution in [0.5, 0.6) is 11.5 Å². The van der Waals surface area contributed by atoms with Gasteiger partial charge in [-0.15, -0.1) is 11.3 Å². The minimum Gasteiger partial charge on any atom is -0.497 e. The van der Waals surface area contributed by atoms with Crippen LogP contribution in [0.25, 0.3) is 10.2 Å². The van der Waals surface area contributed by atoms with Gasteiger partial charge < -0.3 is 9.47 Å². The van der Waals surface area contributed by atoms with Crippen molar-refractivity contribution in [2.75, 3.05) is 30.4 Å². The lowest BCUT2D eigenvalue weighted by Crippen LogP contribution is -2.16. The predicted octanol–water partition coefficient (Wildman–Crippen LogP) is 4.63. The van der Waals surface area contributed by atoms with Crippen LogP contribution in [0.2, 0.25) is 0 Å². The lowest BCUT2D eigenvalue weighted by atomic mass is 10.3. The summed E-state index contributed by atoms with van der Waals surface area (Å²) in [6.45, 7) is 0. The number of nitrogens with one attached hydrogen (secondary N) is 1. The lowest BCUT2D eigenvalue weighted by Gasteiger charge is -2.09. The quantitative estimate of drug-likeness (QED) is 0.367. The molecule has 9 heteroatoms. The third kappa shape index (κ3) is 5.76. The van der Waals surface area contributed by atoms with Gasteiger partial charge in [0.15, 0.2) is 4.34 Å². The summed E-state index contributed by atoms with van der Waals surface area (Å²) in [6, 6.07) is 12.7. The second-order valence-electron chi connectivity index (χ2n) is 6.02. The summed E-state index contributed by atoms with van der Waals surface area (Å²) >= 11 is 3.28. The van der Waals surface area contributed by atoms with Gasteiger partial charge in [-0.2, -0.15) is 0 Å². The van der Waals surface area contributed by atoms with E-state index in [0.29, 0.717) is 17.9 Å². The molecular formula is C19H22N2O4S3. The molecule has 0 radical (unpaired) electrons. The van der Waals surface area contributed by atoms with Gasteiger partial charge in [-0.3, -0.25) is 4.72 Å². The number of thiazole rings is 1. The van der Waals surface area contributed by atoms with Crippen LogP contribution in [-0.4, -0.2) is 39.1 Å². The van der Waals surface area contributed by atoms with E-state index in [2.05, 4.69) is 9.71 Å². The number of benzene rings is 2. The number of rotatable bonds is 10. The fraction of sp³-hybridized carbons (Fsp3) is 0.316. The first-order chi connectivity index (χ1) is 13.5. The average Bonchev–Trinajstić information content (AvgIpc) is 3.09. The molecule has 0 unspecified atom stereocenters. The standard InChI is InChI=1S/C19H22N2O4S3/c1-24-15-7-5-6-14(12-15)21-28(22,23)11-4-3-10-26-19-20-17-9-8-16(25-2)13-18(17)27-19/h5-9,12-13,21H,3-4,10-11H2,1-2H3. The highest BCUT2D eigenvalue weighted by Gasteiger charge is 2.11. The second kappa shape index (κ2) is 9.49. The first-order valence-electron chi connectivity index (χ1n) is 8.71. The molecule has 6 nitrogen and oxygen atoms in total. The molecule has 150 valence electrons. The largest absolute Gasteiger partial charge is 0.497 e. The van der Waals surface area contributed by atoms with Crippen molar-refractivity contribution >= 4 is 49.0 Å². The van der Waals surface area contributed by atoms with Gasteiger partial charge in [0.05, 0.1) is 35.9 Å². The Labute approximate surface area is 173 Å². The highest BCUT2D eigenvalue weighted by atomic mass is 32.2. The predicted molar refractivity (Wildman–Crippen MR) is 117 cm³/mol. The molecule has 0 aliphatic carbocycles. The van der Waals surface area contributed by atoms with Crippen molar-refractivity contribution in [3.63, 3.8) is 0 Å². The number of unbranched alkanes of at least 4 members (excludes halogenated alkanes) is 1. The van der Waals surface area contributed by atoms with Crippen molar-refractivity contribution in [1.29, 1.82) is 0 Å². The number of sulfonamides is 1. The monoisotopic (exact) mass is 438 g/mol. The van der Waals surface area contributed by atoms with Gasteiger partial charge in [0, 0.05) is 11.8 Å². The zero-order valence-electron chi connectivity index (χ0n) is 15.7. The number of nitrogens with zero attached hydrogens (tertiary/aromatic N) is 1. The fourth-order valence-corrected chi connectivity index (χ4v) is 5.88. The number of hydrogen-bond donors (Lipinski definition) is 1. The Bertz CT molecular complexity index is 1030. The van der Waals surface area contributed by atoms with Crippen LogP contribution < -0.4 is 14.2 Å². The Morgan fingerprint density at radius 1 is 1.07 bits per heavy atom. The minimum absolute atomic E-state index is 0.0851. The molecule has 3 rings (SSSR count). The van der Waals surface area contributed by atoms with Crippen LogP contribution in [0.15, 0.2) is 46.8 Å². The molecule has 0 fully saturated rings. The molecule has 2 aromatic carbocycles. The lowest BCUT2D eigenvalue weighted by molar-refractivity contribution is 0.415. The fourth-order valence-electron chi connectivity index (χ4n) is 2.54. The number of thioether (sulfide) groups is 1. The van der Waals surface area contributed by atoms with Gasteiger partial charge >= 0.3 is 0 Å². The molecule has 0 atom stereocenters. The Hall–Kier alpha value is -1.97. The number of ether oxygens (including phenoxy) is 2. The first kappa shape index (κ1) is 20.8. The van der Waals surface area contributed by atoms with Crippen molar-refractivity contribution in [2.45, 2.75) is 17.2 Å². The van der Waals surface area contributed by atoms with Crippen molar-refractivity contribution in [2.24, 2.45) is 0 Å². The topological polar surface area (TPSA) is 77.5 Å². The molecule has 0 saturated carbocycles. The van der Waals surface area contributed by atoms with Gasteiger partial charge in [0.2, 0.25) is 10.0 Å². The maximum absolute atomic E-state index is 12.2. The maximum atomic E-state index is 12.2. The Morgan fingerprint density at radius 3 is 2.64 bits per heavy atom. The van der Waals surface area contributed by atoms with E-state index in [9.17, 15) is 8.42 Å². The Balaban J connectivity index is 1.44. The molecule has 0 aliphatic heterocycles. The summed E-state index contributed by atoms with van der Waals surface area (Å²) in [6.07, 6.45) is 1.38. The normalized spacial score (nSPS) is 11.5. The third-order valence-electron chi connectivity index (χ3n) is 3.95. The zero-order chi connectivity index (χ0) is 20.0. The van der Waals surface area contributed by atoms with E-state index >= 15 is 0 Å². The van der Waals surface area contributed by atoms with Crippen molar-refractivity contribution in [1.82, 2.24) is 4.98 Å². The molecule has 0 spiro atoms. The summed E-state index contributed by atoms with van der Waals surface area (Å²) in [7, 11) is -0.178. The van der Waals surface area contributed by atoms with Crippen LogP contribution in [0, 0.1) is 0 Å². The van der Waals surface area contributed by atoms with Gasteiger partial charge in [-0.05, 0) is 43.2 Å². The average molecular weight is 439 g/mol. The van der Waals surface area contributed by atoms with Crippen LogP contribution in [-0.2, 0) is 10.0 Å². The van der Waals surface area contributed by atoms with Crippen LogP contribution in [0.1, 0.15) is 12.8 Å². The van der Waals surface area contributed by atoms with Crippen molar-refractivity contribution in [3.05, 3.63) is 42.5 Å². The number of fused-ring (bicyclic) bond motifs is 1. The van der Waals surface area contributed by atoms with Crippen LogP contribution >= 0.6 is 23.1 Å². The molecule has 0 amide bonds. The van der Waals surface area contributed by atoms with Crippen LogP contribution in [0.4, 0.5) is 5.69 Å². The number of anilines is 1. The molecular weight excluding hydrogens is 416 g/mol. The molecule has 1 aromatic heterocycles. The maximum Gasteiger partial charge on any atom is 0.232 e. The number of methoxy groups -OCH3 is 2.